The van der Waals surface area contributed by atoms with Crippen LogP contribution in [0.3, 0.4) is 0 Å². The summed E-state index contributed by atoms with van der Waals surface area (Å²) in [6, 6.07) is 11.6. The predicted molar refractivity (Wildman–Crippen MR) is 79.8 cm³/mol. The Kier molecular flexibility index (Phi) is 3.54. The molecule has 3 rings (SSSR count). The zero-order chi connectivity index (χ0) is 13.9. The largest absolute Gasteiger partial charge is 0.368 e. The highest BCUT2D eigenvalue weighted by molar-refractivity contribution is 5.51. The number of pyridine rings is 1. The average molecular weight is 271 g/mol. The molecule has 0 amide bonds. The van der Waals surface area contributed by atoms with Gasteiger partial charge in [0.25, 0.3) is 0 Å². The molecule has 1 saturated heterocycles. The number of hydrogen-bond acceptors (Lipinski definition) is 3. The van der Waals surface area contributed by atoms with Gasteiger partial charge in [-0.15, -0.1) is 0 Å². The number of halogens is 1. The molecule has 20 heavy (non-hydrogen) atoms. The summed E-state index contributed by atoms with van der Waals surface area (Å²) in [6.45, 7) is 5.46. The first-order valence-electron chi connectivity index (χ1n) is 6.91. The van der Waals surface area contributed by atoms with Gasteiger partial charge >= 0.3 is 0 Å². The number of aromatic nitrogens is 1. The molecule has 1 aromatic heterocycles. The Morgan fingerprint density at radius 3 is 2.45 bits per heavy atom. The molecular formula is C16H18FN3. The van der Waals surface area contributed by atoms with Crippen molar-refractivity contribution in [3.63, 3.8) is 0 Å². The zero-order valence-electron chi connectivity index (χ0n) is 11.6. The first-order valence-corrected chi connectivity index (χ1v) is 6.91. The van der Waals surface area contributed by atoms with Gasteiger partial charge in [0, 0.05) is 38.1 Å². The number of benzene rings is 1. The topological polar surface area (TPSA) is 19.4 Å². The molecule has 0 bridgehead atoms. The number of piperazine rings is 1. The minimum Gasteiger partial charge on any atom is -0.368 e. The number of aryl methyl sites for hydroxylation is 1. The number of nitrogens with zero attached hydrogens (tertiary/aromatic N) is 3. The summed E-state index contributed by atoms with van der Waals surface area (Å²) in [5.41, 5.74) is 2.51. The van der Waals surface area contributed by atoms with E-state index >= 15 is 0 Å². The minimum atomic E-state index is -0.239. The fourth-order valence-electron chi connectivity index (χ4n) is 2.61. The summed E-state index contributed by atoms with van der Waals surface area (Å²) >= 11 is 0. The summed E-state index contributed by atoms with van der Waals surface area (Å²) < 4.78 is 13.7. The van der Waals surface area contributed by atoms with Crippen molar-refractivity contribution >= 4 is 11.5 Å². The molecule has 0 spiro atoms. The van der Waals surface area contributed by atoms with Gasteiger partial charge in [0.05, 0.1) is 0 Å². The maximum atomic E-state index is 13.7. The van der Waals surface area contributed by atoms with E-state index in [1.807, 2.05) is 4.90 Å². The van der Waals surface area contributed by atoms with Crippen LogP contribution < -0.4 is 9.80 Å². The normalized spacial score (nSPS) is 15.5. The lowest BCUT2D eigenvalue weighted by atomic mass is 10.2. The van der Waals surface area contributed by atoms with Crippen molar-refractivity contribution in [1.29, 1.82) is 0 Å². The number of anilines is 2. The van der Waals surface area contributed by atoms with Gasteiger partial charge in [-0.25, -0.2) is 9.37 Å². The molecule has 0 unspecified atom stereocenters. The standard InChI is InChI=1S/C16H18FN3/c1-13-4-2-5-14(12-13)19-8-10-20(11-9-19)16-15(17)6-3-7-18-16/h2-7,12H,8-11H2,1H3. The average Bonchev–Trinajstić information content (AvgIpc) is 2.48. The van der Waals surface area contributed by atoms with E-state index in [4.69, 9.17) is 0 Å². The second-order valence-corrected chi connectivity index (χ2v) is 5.12. The fraction of sp³-hybridized carbons (Fsp3) is 0.312. The van der Waals surface area contributed by atoms with Crippen molar-refractivity contribution in [3.05, 3.63) is 54.0 Å². The highest BCUT2D eigenvalue weighted by Gasteiger charge is 2.20. The molecule has 2 heterocycles. The second-order valence-electron chi connectivity index (χ2n) is 5.12. The van der Waals surface area contributed by atoms with Gasteiger partial charge in [-0.2, -0.15) is 0 Å². The molecule has 3 nitrogen and oxygen atoms in total. The van der Waals surface area contributed by atoms with Crippen LogP contribution in [0.15, 0.2) is 42.6 Å². The summed E-state index contributed by atoms with van der Waals surface area (Å²) in [6.07, 6.45) is 1.64. The highest BCUT2D eigenvalue weighted by Crippen LogP contribution is 2.21. The second kappa shape index (κ2) is 5.49. The molecule has 104 valence electrons. The van der Waals surface area contributed by atoms with Crippen molar-refractivity contribution in [2.75, 3.05) is 36.0 Å². The van der Waals surface area contributed by atoms with Gasteiger partial charge in [0.15, 0.2) is 11.6 Å². The highest BCUT2D eigenvalue weighted by atomic mass is 19.1. The van der Waals surface area contributed by atoms with Gasteiger partial charge in [0.2, 0.25) is 0 Å². The van der Waals surface area contributed by atoms with Crippen molar-refractivity contribution in [2.45, 2.75) is 6.92 Å². The Labute approximate surface area is 118 Å². The third kappa shape index (κ3) is 2.59. The third-order valence-electron chi connectivity index (χ3n) is 3.69. The van der Waals surface area contributed by atoms with E-state index in [1.165, 1.54) is 17.3 Å². The Balaban J connectivity index is 1.70. The van der Waals surface area contributed by atoms with E-state index in [9.17, 15) is 4.39 Å². The molecule has 0 atom stereocenters. The first kappa shape index (κ1) is 12.9. The van der Waals surface area contributed by atoms with Crippen LogP contribution in [0.5, 0.6) is 0 Å². The molecule has 1 aromatic carbocycles. The lowest BCUT2D eigenvalue weighted by molar-refractivity contribution is 0.588. The van der Waals surface area contributed by atoms with Crippen LogP contribution in [0, 0.1) is 12.7 Å². The molecule has 1 aliphatic heterocycles. The van der Waals surface area contributed by atoms with Crippen molar-refractivity contribution in [3.8, 4) is 0 Å². The summed E-state index contributed by atoms with van der Waals surface area (Å²) in [5.74, 6) is 0.230. The SMILES string of the molecule is Cc1cccc(N2CCN(c3ncccc3F)CC2)c1. The van der Waals surface area contributed by atoms with E-state index < -0.39 is 0 Å². The molecule has 2 aromatic rings. The van der Waals surface area contributed by atoms with E-state index in [-0.39, 0.29) is 5.82 Å². The van der Waals surface area contributed by atoms with Crippen molar-refractivity contribution < 1.29 is 4.39 Å². The minimum absolute atomic E-state index is 0.239. The summed E-state index contributed by atoms with van der Waals surface area (Å²) in [4.78, 5) is 8.50. The zero-order valence-corrected chi connectivity index (χ0v) is 11.6. The van der Waals surface area contributed by atoms with Crippen LogP contribution in [0.2, 0.25) is 0 Å². The summed E-state index contributed by atoms with van der Waals surface area (Å²) in [7, 11) is 0. The monoisotopic (exact) mass is 271 g/mol. The Hall–Kier alpha value is -2.10. The first-order chi connectivity index (χ1) is 9.74. The predicted octanol–water partition coefficient (Wildman–Crippen LogP) is 2.86. The molecule has 0 saturated carbocycles. The Morgan fingerprint density at radius 1 is 1.00 bits per heavy atom. The molecule has 4 heteroatoms. The van der Waals surface area contributed by atoms with Gasteiger partial charge in [-0.1, -0.05) is 12.1 Å². The Bertz CT molecular complexity index is 592. The maximum Gasteiger partial charge on any atom is 0.165 e. The fourth-order valence-corrected chi connectivity index (χ4v) is 2.61. The van der Waals surface area contributed by atoms with Gasteiger partial charge in [0.1, 0.15) is 0 Å². The molecule has 0 radical (unpaired) electrons. The van der Waals surface area contributed by atoms with Crippen molar-refractivity contribution in [2.24, 2.45) is 0 Å². The quantitative estimate of drug-likeness (QED) is 0.837. The van der Waals surface area contributed by atoms with Crippen LogP contribution in [0.25, 0.3) is 0 Å². The maximum absolute atomic E-state index is 13.7. The lowest BCUT2D eigenvalue weighted by Gasteiger charge is -2.36. The third-order valence-corrected chi connectivity index (χ3v) is 3.69. The molecule has 1 aliphatic rings. The van der Waals surface area contributed by atoms with Crippen LogP contribution in [-0.4, -0.2) is 31.2 Å². The van der Waals surface area contributed by atoms with E-state index in [0.29, 0.717) is 5.82 Å². The van der Waals surface area contributed by atoms with Crippen LogP contribution in [-0.2, 0) is 0 Å². The summed E-state index contributed by atoms with van der Waals surface area (Å²) in [5, 5.41) is 0. The van der Waals surface area contributed by atoms with Crippen LogP contribution in [0.4, 0.5) is 15.9 Å². The molecule has 0 N–H and O–H groups in total. The van der Waals surface area contributed by atoms with Gasteiger partial charge in [-0.05, 0) is 36.8 Å². The van der Waals surface area contributed by atoms with Gasteiger partial charge in [-0.3, -0.25) is 0 Å². The molecule has 0 aliphatic carbocycles. The van der Waals surface area contributed by atoms with E-state index in [0.717, 1.165) is 26.2 Å². The van der Waals surface area contributed by atoms with Crippen molar-refractivity contribution in [1.82, 2.24) is 4.98 Å². The van der Waals surface area contributed by atoms with E-state index in [1.54, 1.807) is 12.3 Å². The Morgan fingerprint density at radius 2 is 1.75 bits per heavy atom. The molecular weight excluding hydrogens is 253 g/mol. The van der Waals surface area contributed by atoms with Crippen LogP contribution in [0.1, 0.15) is 5.56 Å². The molecule has 1 fully saturated rings. The van der Waals surface area contributed by atoms with E-state index in [2.05, 4.69) is 41.1 Å². The van der Waals surface area contributed by atoms with Crippen LogP contribution >= 0.6 is 0 Å². The lowest BCUT2D eigenvalue weighted by Crippen LogP contribution is -2.47. The number of rotatable bonds is 2. The smallest absolute Gasteiger partial charge is 0.165 e. The van der Waals surface area contributed by atoms with Gasteiger partial charge < -0.3 is 9.80 Å². The number of hydrogen-bond donors (Lipinski definition) is 0.